The molecule has 1 fully saturated rings. The van der Waals surface area contributed by atoms with Gasteiger partial charge in [0.15, 0.2) is 11.4 Å². The van der Waals surface area contributed by atoms with Crippen molar-refractivity contribution in [2.24, 2.45) is 0 Å². The van der Waals surface area contributed by atoms with Gasteiger partial charge in [0, 0.05) is 60.6 Å². The number of aromatic nitrogens is 2. The summed E-state index contributed by atoms with van der Waals surface area (Å²) in [5.41, 5.74) is 5.11. The van der Waals surface area contributed by atoms with E-state index in [4.69, 9.17) is 9.72 Å². The second kappa shape index (κ2) is 8.58. The molecule has 0 N–H and O–H groups in total. The third-order valence-corrected chi connectivity index (χ3v) is 5.86. The summed E-state index contributed by atoms with van der Waals surface area (Å²) in [5, 5.41) is 1.06. The molecular formula is C19H22IN3O2S. The zero-order valence-electron chi connectivity index (χ0n) is 15.2. The van der Waals surface area contributed by atoms with Gasteiger partial charge in [-0.1, -0.05) is 11.6 Å². The number of nitrogens with zero attached hydrogens (tertiary/aromatic N) is 3. The topological polar surface area (TPSA) is 47.4 Å². The number of carbonyl (C=O) groups is 1. The van der Waals surface area contributed by atoms with Crippen molar-refractivity contribution in [1.82, 2.24) is 8.96 Å². The highest BCUT2D eigenvalue weighted by Gasteiger charge is 2.17. The summed E-state index contributed by atoms with van der Waals surface area (Å²) in [5.74, 6) is 0.0396. The summed E-state index contributed by atoms with van der Waals surface area (Å²) in [6.07, 6.45) is 7.74. The van der Waals surface area contributed by atoms with E-state index in [0.717, 1.165) is 59.7 Å². The van der Waals surface area contributed by atoms with E-state index in [-0.39, 0.29) is 5.78 Å². The minimum Gasteiger partial charge on any atom is -0.378 e. The molecule has 7 heteroatoms. The molecule has 2 aromatic heterocycles. The van der Waals surface area contributed by atoms with Crippen molar-refractivity contribution in [3.8, 4) is 0 Å². The zero-order valence-corrected chi connectivity index (χ0v) is 18.1. The van der Waals surface area contributed by atoms with Crippen molar-refractivity contribution < 1.29 is 9.53 Å². The summed E-state index contributed by atoms with van der Waals surface area (Å²) in [4.78, 5) is 18.8. The van der Waals surface area contributed by atoms with Gasteiger partial charge in [0.2, 0.25) is 0 Å². The molecule has 0 radical (unpaired) electrons. The van der Waals surface area contributed by atoms with Crippen molar-refractivity contribution in [3.05, 3.63) is 41.7 Å². The molecular weight excluding hydrogens is 461 g/mol. The molecule has 138 valence electrons. The number of rotatable bonds is 5. The first-order valence-corrected chi connectivity index (χ1v) is 11.8. The lowest BCUT2D eigenvalue weighted by Gasteiger charge is -2.28. The summed E-state index contributed by atoms with van der Waals surface area (Å²) < 4.78 is 7.50. The number of fused-ring (bicyclic) bond motifs is 1. The second-order valence-electron chi connectivity index (χ2n) is 6.53. The van der Waals surface area contributed by atoms with E-state index in [9.17, 15) is 4.79 Å². The Morgan fingerprint density at radius 1 is 1.27 bits per heavy atom. The Hall–Kier alpha value is -1.32. The van der Waals surface area contributed by atoms with Crippen LogP contribution in [0.3, 0.4) is 0 Å². The van der Waals surface area contributed by atoms with Gasteiger partial charge >= 0.3 is 0 Å². The molecule has 0 unspecified atom stereocenters. The van der Waals surface area contributed by atoms with Gasteiger partial charge in [-0.15, -0.1) is 0 Å². The number of anilines is 1. The van der Waals surface area contributed by atoms with Crippen molar-refractivity contribution in [1.29, 1.82) is 0 Å². The van der Waals surface area contributed by atoms with Crippen LogP contribution in [0.5, 0.6) is 0 Å². The van der Waals surface area contributed by atoms with Crippen LogP contribution in [0, 0.1) is 0 Å². The lowest BCUT2D eigenvalue weighted by molar-refractivity contribution is -0.112. The number of hydrogen-bond donors (Lipinski definition) is 0. The molecule has 0 aliphatic carbocycles. The summed E-state index contributed by atoms with van der Waals surface area (Å²) in [7, 11) is 1.57. The normalized spacial score (nSPS) is 15.4. The van der Waals surface area contributed by atoms with Gasteiger partial charge in [-0.05, 0) is 38.5 Å². The highest BCUT2D eigenvalue weighted by Crippen LogP contribution is 2.34. The number of ketones is 1. The molecule has 3 rings (SSSR count). The van der Waals surface area contributed by atoms with Gasteiger partial charge in [-0.25, -0.2) is 4.98 Å². The van der Waals surface area contributed by atoms with Gasteiger partial charge in [-0.3, -0.25) is 8.77 Å². The number of halogens is 1. The highest BCUT2D eigenvalue weighted by molar-refractivity contribution is 14.2. The highest BCUT2D eigenvalue weighted by atomic mass is 127. The fraction of sp³-hybridized carbons (Fsp3) is 0.368. The number of pyridine rings is 1. The Morgan fingerprint density at radius 2 is 2.00 bits per heavy atom. The zero-order chi connectivity index (χ0) is 18.7. The van der Waals surface area contributed by atoms with Crippen LogP contribution >= 0.6 is 30.3 Å². The molecule has 0 bridgehead atoms. The average molecular weight is 483 g/mol. The molecule has 0 spiro atoms. The Labute approximate surface area is 170 Å². The number of morpholine rings is 1. The maximum absolute atomic E-state index is 11.8. The van der Waals surface area contributed by atoms with Gasteiger partial charge in [0.25, 0.3) is 0 Å². The molecule has 0 atom stereocenters. The van der Waals surface area contributed by atoms with Crippen molar-refractivity contribution in [2.75, 3.05) is 31.2 Å². The van der Waals surface area contributed by atoms with E-state index in [2.05, 4.69) is 44.4 Å². The van der Waals surface area contributed by atoms with E-state index in [1.165, 1.54) is 0 Å². The maximum atomic E-state index is 11.8. The summed E-state index contributed by atoms with van der Waals surface area (Å²) in [6, 6.07) is 2.18. The van der Waals surface area contributed by atoms with E-state index < -0.39 is 0 Å². The van der Waals surface area contributed by atoms with Gasteiger partial charge < -0.3 is 9.64 Å². The van der Waals surface area contributed by atoms with Crippen LogP contribution < -0.4 is 4.90 Å². The van der Waals surface area contributed by atoms with E-state index >= 15 is 0 Å². The minimum atomic E-state index is 0.0396. The Morgan fingerprint density at radius 3 is 2.62 bits per heavy atom. The first kappa shape index (κ1) is 19.4. The lowest BCUT2D eigenvalue weighted by Crippen LogP contribution is -2.36. The Kier molecular flexibility index (Phi) is 6.42. The predicted molar refractivity (Wildman–Crippen MR) is 118 cm³/mol. The van der Waals surface area contributed by atoms with Gasteiger partial charge in [0.1, 0.15) is 0 Å². The van der Waals surface area contributed by atoms with Crippen LogP contribution in [0.4, 0.5) is 5.69 Å². The van der Waals surface area contributed by atoms with Crippen LogP contribution in [-0.4, -0.2) is 41.0 Å². The third-order valence-electron chi connectivity index (χ3n) is 4.16. The molecule has 1 aliphatic rings. The SMILES string of the molecule is CC(=O)/C=C(\C=C(C)C)c1cn(SI)c2ncc(N3CCOCC3)cc12. The van der Waals surface area contributed by atoms with E-state index in [1.54, 1.807) is 22.1 Å². The van der Waals surface area contributed by atoms with Gasteiger partial charge in [-0.2, -0.15) is 0 Å². The number of allylic oxidation sites excluding steroid dienone is 4. The molecule has 3 heterocycles. The maximum Gasteiger partial charge on any atom is 0.153 e. The molecule has 0 saturated carbocycles. The lowest BCUT2D eigenvalue weighted by atomic mass is 10.0. The fourth-order valence-corrected chi connectivity index (χ4v) is 4.33. The summed E-state index contributed by atoms with van der Waals surface area (Å²) in [6.45, 7) is 8.88. The van der Waals surface area contributed by atoms with Crippen molar-refractivity contribution in [3.63, 3.8) is 0 Å². The molecule has 5 nitrogen and oxygen atoms in total. The van der Waals surface area contributed by atoms with Crippen molar-refractivity contribution in [2.45, 2.75) is 20.8 Å². The van der Waals surface area contributed by atoms with Crippen LogP contribution in [0.1, 0.15) is 26.3 Å². The second-order valence-corrected chi connectivity index (χ2v) is 8.25. The molecule has 1 aliphatic heterocycles. The number of hydrogen-bond acceptors (Lipinski definition) is 5. The largest absolute Gasteiger partial charge is 0.378 e. The Bertz CT molecular complexity index is 878. The first-order valence-electron chi connectivity index (χ1n) is 8.50. The van der Waals surface area contributed by atoms with E-state index in [1.807, 2.05) is 24.0 Å². The molecule has 26 heavy (non-hydrogen) atoms. The third kappa shape index (κ3) is 4.32. The smallest absolute Gasteiger partial charge is 0.153 e. The fourth-order valence-electron chi connectivity index (χ4n) is 3.07. The monoisotopic (exact) mass is 483 g/mol. The average Bonchev–Trinajstić information content (AvgIpc) is 2.99. The van der Waals surface area contributed by atoms with Crippen LogP contribution in [0.25, 0.3) is 16.6 Å². The first-order chi connectivity index (χ1) is 12.5. The van der Waals surface area contributed by atoms with Crippen LogP contribution in [0.2, 0.25) is 0 Å². The molecule has 0 amide bonds. The quantitative estimate of drug-likeness (QED) is 0.352. The standard InChI is InChI=1S/C19H22IN3O2S/c1-13(2)8-15(9-14(3)24)18-12-23(26-20)19-17(18)10-16(11-21-19)22-4-6-25-7-5-22/h8-12H,4-7H2,1-3H3/b15-9+. The molecule has 0 aromatic carbocycles. The molecule has 2 aromatic rings. The Balaban J connectivity index is 2.16. The predicted octanol–water partition coefficient (Wildman–Crippen LogP) is 4.66. The van der Waals surface area contributed by atoms with Gasteiger partial charge in [0.05, 0.1) is 25.1 Å². The minimum absolute atomic E-state index is 0.0396. The summed E-state index contributed by atoms with van der Waals surface area (Å²) >= 11 is 2.25. The molecule has 1 saturated heterocycles. The number of ether oxygens (including phenoxy) is 1. The van der Waals surface area contributed by atoms with Crippen molar-refractivity contribution >= 4 is 58.4 Å². The van der Waals surface area contributed by atoms with Crippen LogP contribution in [0.15, 0.2) is 36.2 Å². The van der Waals surface area contributed by atoms with E-state index in [0.29, 0.717) is 0 Å². The number of carbonyl (C=O) groups excluding carboxylic acids is 1. The van der Waals surface area contributed by atoms with Crippen LogP contribution in [-0.2, 0) is 9.53 Å².